The number of hydrogen-bond acceptors (Lipinski definition) is 3. The second-order valence-electron chi connectivity index (χ2n) is 4.69. The fourth-order valence-corrected chi connectivity index (χ4v) is 2.41. The van der Waals surface area contributed by atoms with E-state index in [9.17, 15) is 4.79 Å². The van der Waals surface area contributed by atoms with Gasteiger partial charge in [-0.25, -0.2) is 0 Å². The summed E-state index contributed by atoms with van der Waals surface area (Å²) in [5.74, 6) is 0.133. The predicted molar refractivity (Wildman–Crippen MR) is 69.3 cm³/mol. The predicted octanol–water partition coefficient (Wildman–Crippen LogP) is 2.26. The molecule has 1 saturated heterocycles. The molecule has 1 aliphatic rings. The molecule has 3 rings (SSSR count). The summed E-state index contributed by atoms with van der Waals surface area (Å²) < 4.78 is 0. The molecule has 1 aromatic heterocycles. The Balaban J connectivity index is 1.91. The van der Waals surface area contributed by atoms with Crippen molar-refractivity contribution in [1.29, 1.82) is 0 Å². The minimum absolute atomic E-state index is 0.133. The van der Waals surface area contributed by atoms with Crippen molar-refractivity contribution in [1.82, 2.24) is 15.1 Å². The minimum Gasteiger partial charge on any atom is -0.339 e. The maximum absolute atomic E-state index is 12.3. The van der Waals surface area contributed by atoms with Crippen molar-refractivity contribution in [2.24, 2.45) is 0 Å². The van der Waals surface area contributed by atoms with Crippen molar-refractivity contribution < 1.29 is 4.79 Å². The van der Waals surface area contributed by atoms with E-state index in [1.54, 1.807) is 12.4 Å². The fourth-order valence-electron chi connectivity index (χ4n) is 2.41. The van der Waals surface area contributed by atoms with Crippen LogP contribution in [0.15, 0.2) is 30.6 Å². The molecule has 92 valence electrons. The molecule has 4 heteroatoms. The van der Waals surface area contributed by atoms with Crippen LogP contribution in [0, 0.1) is 0 Å². The lowest BCUT2D eigenvalue weighted by atomic mass is 10.1. The Morgan fingerprint density at radius 3 is 2.50 bits per heavy atom. The van der Waals surface area contributed by atoms with Crippen molar-refractivity contribution in [3.8, 4) is 0 Å². The number of fused-ring (bicyclic) bond motifs is 1. The molecule has 1 fully saturated rings. The first-order chi connectivity index (χ1) is 8.84. The molecule has 4 nitrogen and oxygen atoms in total. The van der Waals surface area contributed by atoms with E-state index in [1.165, 1.54) is 6.42 Å². The molecule has 0 bridgehead atoms. The highest BCUT2D eigenvalue weighted by Crippen LogP contribution is 2.17. The van der Waals surface area contributed by atoms with Gasteiger partial charge in [-0.2, -0.15) is 10.2 Å². The second kappa shape index (κ2) is 4.72. The van der Waals surface area contributed by atoms with Crippen molar-refractivity contribution in [3.63, 3.8) is 0 Å². The minimum atomic E-state index is 0.133. The van der Waals surface area contributed by atoms with Gasteiger partial charge in [0.15, 0.2) is 0 Å². The number of nitrogens with zero attached hydrogens (tertiary/aromatic N) is 3. The van der Waals surface area contributed by atoms with E-state index in [2.05, 4.69) is 10.2 Å². The molecule has 0 N–H and O–H groups in total. The second-order valence-corrected chi connectivity index (χ2v) is 4.69. The van der Waals surface area contributed by atoms with Crippen LogP contribution in [0.2, 0.25) is 0 Å². The van der Waals surface area contributed by atoms with Gasteiger partial charge < -0.3 is 4.90 Å². The maximum atomic E-state index is 12.3. The van der Waals surface area contributed by atoms with Crippen LogP contribution in [0.1, 0.15) is 29.6 Å². The number of amides is 1. The number of aromatic nitrogens is 2. The molecule has 1 aliphatic heterocycles. The summed E-state index contributed by atoms with van der Waals surface area (Å²) in [7, 11) is 0. The van der Waals surface area contributed by atoms with Gasteiger partial charge >= 0.3 is 0 Å². The van der Waals surface area contributed by atoms with Gasteiger partial charge in [0.25, 0.3) is 5.91 Å². The maximum Gasteiger partial charge on any atom is 0.253 e. The third kappa shape index (κ3) is 2.06. The number of rotatable bonds is 1. The highest BCUT2D eigenvalue weighted by atomic mass is 16.2. The van der Waals surface area contributed by atoms with Gasteiger partial charge in [-0.3, -0.25) is 4.79 Å². The van der Waals surface area contributed by atoms with E-state index in [4.69, 9.17) is 0 Å². The average Bonchev–Trinajstić information content (AvgIpc) is 2.47. The molecule has 1 aromatic carbocycles. The van der Waals surface area contributed by atoms with E-state index in [-0.39, 0.29) is 5.91 Å². The summed E-state index contributed by atoms with van der Waals surface area (Å²) in [6, 6.07) is 5.71. The zero-order valence-electron chi connectivity index (χ0n) is 10.2. The van der Waals surface area contributed by atoms with E-state index in [0.717, 1.165) is 42.3 Å². The standard InChI is InChI=1S/C14H15N3O/c18-14(17-6-2-1-3-7-17)11-4-5-12-9-15-16-10-13(12)8-11/h4-5,8-10H,1-3,6-7H2. The highest BCUT2D eigenvalue weighted by molar-refractivity contribution is 5.98. The van der Waals surface area contributed by atoms with Gasteiger partial charge in [0.05, 0.1) is 12.4 Å². The number of piperidine rings is 1. The van der Waals surface area contributed by atoms with Gasteiger partial charge in [-0.1, -0.05) is 6.07 Å². The molecule has 0 saturated carbocycles. The van der Waals surface area contributed by atoms with Gasteiger partial charge in [0.1, 0.15) is 0 Å². The van der Waals surface area contributed by atoms with Crippen LogP contribution in [0.3, 0.4) is 0 Å². The topological polar surface area (TPSA) is 46.1 Å². The van der Waals surface area contributed by atoms with Crippen molar-refractivity contribution >= 4 is 16.7 Å². The summed E-state index contributed by atoms with van der Waals surface area (Å²) in [4.78, 5) is 14.3. The Bertz CT molecular complexity index is 576. The van der Waals surface area contributed by atoms with Crippen molar-refractivity contribution in [2.75, 3.05) is 13.1 Å². The largest absolute Gasteiger partial charge is 0.339 e. The SMILES string of the molecule is O=C(c1ccc2cnncc2c1)N1CCCCC1. The monoisotopic (exact) mass is 241 g/mol. The quantitative estimate of drug-likeness (QED) is 0.769. The summed E-state index contributed by atoms with van der Waals surface area (Å²) in [6.07, 6.45) is 6.87. The number of carbonyl (C=O) groups excluding carboxylic acids is 1. The Morgan fingerprint density at radius 2 is 1.72 bits per heavy atom. The first-order valence-corrected chi connectivity index (χ1v) is 6.34. The van der Waals surface area contributed by atoms with Crippen LogP contribution < -0.4 is 0 Å². The van der Waals surface area contributed by atoms with E-state index in [1.807, 2.05) is 23.1 Å². The van der Waals surface area contributed by atoms with Crippen LogP contribution in [0.25, 0.3) is 10.8 Å². The van der Waals surface area contributed by atoms with Crippen LogP contribution in [-0.2, 0) is 0 Å². The van der Waals surface area contributed by atoms with Crippen LogP contribution in [0.5, 0.6) is 0 Å². The molecule has 1 amide bonds. The smallest absolute Gasteiger partial charge is 0.253 e. The molecule has 18 heavy (non-hydrogen) atoms. The third-order valence-electron chi connectivity index (χ3n) is 3.44. The summed E-state index contributed by atoms with van der Waals surface area (Å²) in [6.45, 7) is 1.76. The number of carbonyl (C=O) groups is 1. The van der Waals surface area contributed by atoms with Gasteiger partial charge in [-0.15, -0.1) is 0 Å². The third-order valence-corrected chi connectivity index (χ3v) is 3.44. The highest BCUT2D eigenvalue weighted by Gasteiger charge is 2.18. The van der Waals surface area contributed by atoms with E-state index >= 15 is 0 Å². The molecule has 2 heterocycles. The van der Waals surface area contributed by atoms with Crippen molar-refractivity contribution in [3.05, 3.63) is 36.2 Å². The molecule has 0 spiro atoms. The zero-order valence-corrected chi connectivity index (χ0v) is 10.2. The lowest BCUT2D eigenvalue weighted by Gasteiger charge is -2.26. The fraction of sp³-hybridized carbons (Fsp3) is 0.357. The normalized spacial score (nSPS) is 15.9. The van der Waals surface area contributed by atoms with Gasteiger partial charge in [0.2, 0.25) is 0 Å². The van der Waals surface area contributed by atoms with Crippen molar-refractivity contribution in [2.45, 2.75) is 19.3 Å². The first kappa shape index (κ1) is 11.1. The summed E-state index contributed by atoms with van der Waals surface area (Å²) >= 11 is 0. The Labute approximate surface area is 106 Å². The molecule has 0 aliphatic carbocycles. The Morgan fingerprint density at radius 1 is 1.00 bits per heavy atom. The summed E-state index contributed by atoms with van der Waals surface area (Å²) in [5, 5.41) is 9.66. The Kier molecular flexibility index (Phi) is 2.92. The molecular formula is C14H15N3O. The summed E-state index contributed by atoms with van der Waals surface area (Å²) in [5.41, 5.74) is 0.748. The lowest BCUT2D eigenvalue weighted by molar-refractivity contribution is 0.0724. The van der Waals surface area contributed by atoms with Crippen LogP contribution in [0.4, 0.5) is 0 Å². The molecule has 0 unspecified atom stereocenters. The van der Waals surface area contributed by atoms with E-state index in [0.29, 0.717) is 0 Å². The average molecular weight is 241 g/mol. The van der Waals surface area contributed by atoms with Gasteiger partial charge in [0, 0.05) is 29.4 Å². The van der Waals surface area contributed by atoms with E-state index < -0.39 is 0 Å². The molecule has 2 aromatic rings. The molecule has 0 atom stereocenters. The number of hydrogen-bond donors (Lipinski definition) is 0. The Hall–Kier alpha value is -1.97. The zero-order chi connectivity index (χ0) is 12.4. The number of benzene rings is 1. The molecular weight excluding hydrogens is 226 g/mol. The van der Waals surface area contributed by atoms with Crippen LogP contribution in [-0.4, -0.2) is 34.1 Å². The number of likely N-dealkylation sites (tertiary alicyclic amines) is 1. The molecule has 0 radical (unpaired) electrons. The van der Waals surface area contributed by atoms with Gasteiger partial charge in [-0.05, 0) is 31.4 Å². The van der Waals surface area contributed by atoms with Crippen LogP contribution >= 0.6 is 0 Å². The first-order valence-electron chi connectivity index (χ1n) is 6.34. The lowest BCUT2D eigenvalue weighted by Crippen LogP contribution is -2.35.